The number of ether oxygens (including phenoxy) is 1. The lowest BCUT2D eigenvalue weighted by molar-refractivity contribution is 0.0522. The fourth-order valence-corrected chi connectivity index (χ4v) is 3.88. The van der Waals surface area contributed by atoms with Crippen molar-refractivity contribution in [2.75, 3.05) is 23.7 Å². The largest absolute Gasteiger partial charge is 0.442 e. The van der Waals surface area contributed by atoms with Gasteiger partial charge in [-0.1, -0.05) is 0 Å². The summed E-state index contributed by atoms with van der Waals surface area (Å²) in [5.41, 5.74) is 8.96. The number of fused-ring (bicyclic) bond motifs is 1. The smallest absolute Gasteiger partial charge is 0.435 e. The van der Waals surface area contributed by atoms with Crippen LogP contribution in [0.2, 0.25) is 0 Å². The van der Waals surface area contributed by atoms with Gasteiger partial charge in [-0.05, 0) is 82.6 Å². The number of nitrogens with two attached hydrogens (primary N) is 1. The lowest BCUT2D eigenvalue weighted by atomic mass is 10.0. The van der Waals surface area contributed by atoms with E-state index in [1.165, 1.54) is 4.68 Å². The van der Waals surface area contributed by atoms with Gasteiger partial charge in [0.1, 0.15) is 5.60 Å². The molecule has 0 aliphatic carbocycles. The van der Waals surface area contributed by atoms with Crippen LogP contribution in [0.5, 0.6) is 0 Å². The normalized spacial score (nSPS) is 17.1. The molecule has 0 radical (unpaired) electrons. The number of nitrogens with one attached hydrogen (secondary N) is 1. The van der Waals surface area contributed by atoms with Crippen LogP contribution in [0.1, 0.15) is 33.6 Å². The van der Waals surface area contributed by atoms with Crippen LogP contribution in [0.25, 0.3) is 10.9 Å². The molecule has 158 valence electrons. The summed E-state index contributed by atoms with van der Waals surface area (Å²) in [5, 5.41) is 8.66. The molecule has 1 atom stereocenters. The van der Waals surface area contributed by atoms with Crippen molar-refractivity contribution < 1.29 is 9.53 Å². The Hall–Kier alpha value is -3.06. The first-order chi connectivity index (χ1) is 14.3. The van der Waals surface area contributed by atoms with Crippen molar-refractivity contribution in [3.63, 3.8) is 0 Å². The minimum atomic E-state index is -0.574. The van der Waals surface area contributed by atoms with E-state index in [0.717, 1.165) is 53.9 Å². The summed E-state index contributed by atoms with van der Waals surface area (Å²) in [7, 11) is 0. The molecule has 1 aliphatic heterocycles. The third kappa shape index (κ3) is 4.26. The fraction of sp³-hybridized carbons (Fsp3) is 0.391. The van der Waals surface area contributed by atoms with Crippen molar-refractivity contribution in [2.45, 2.75) is 45.3 Å². The molecule has 1 saturated heterocycles. The van der Waals surface area contributed by atoms with Crippen LogP contribution in [-0.2, 0) is 4.74 Å². The number of carbonyl (C=O) groups excluding carboxylic acids is 1. The molecule has 7 heteroatoms. The van der Waals surface area contributed by atoms with Crippen molar-refractivity contribution in [3.05, 3.63) is 48.7 Å². The Labute approximate surface area is 176 Å². The molecule has 3 N–H and O–H groups in total. The van der Waals surface area contributed by atoms with Crippen LogP contribution in [0, 0.1) is 0 Å². The van der Waals surface area contributed by atoms with Crippen molar-refractivity contribution in [1.29, 1.82) is 0 Å². The Morgan fingerprint density at radius 2 is 1.93 bits per heavy atom. The molecular formula is C23H29N5O2. The third-order valence-electron chi connectivity index (χ3n) is 5.20. The van der Waals surface area contributed by atoms with E-state index in [0.29, 0.717) is 6.04 Å². The monoisotopic (exact) mass is 407 g/mol. The maximum absolute atomic E-state index is 12.5. The van der Waals surface area contributed by atoms with E-state index in [4.69, 9.17) is 10.5 Å². The molecule has 0 spiro atoms. The number of hydrogen-bond acceptors (Lipinski definition) is 6. The predicted octanol–water partition coefficient (Wildman–Crippen LogP) is 4.29. The summed E-state index contributed by atoms with van der Waals surface area (Å²) in [5.74, 6) is 0. The molecule has 2 aromatic carbocycles. The highest BCUT2D eigenvalue weighted by molar-refractivity contribution is 5.90. The summed E-state index contributed by atoms with van der Waals surface area (Å²) in [4.78, 5) is 14.8. The number of piperidine rings is 1. The van der Waals surface area contributed by atoms with Crippen molar-refractivity contribution in [3.8, 4) is 0 Å². The lowest BCUT2D eigenvalue weighted by Crippen LogP contribution is -2.43. The Kier molecular flexibility index (Phi) is 5.39. The predicted molar refractivity (Wildman–Crippen MR) is 120 cm³/mol. The van der Waals surface area contributed by atoms with E-state index < -0.39 is 11.7 Å². The van der Waals surface area contributed by atoms with Crippen LogP contribution in [0.3, 0.4) is 0 Å². The second kappa shape index (κ2) is 7.99. The molecule has 1 aromatic heterocycles. The minimum Gasteiger partial charge on any atom is -0.442 e. The number of carbonyl (C=O) groups is 1. The molecular weight excluding hydrogens is 378 g/mol. The second-order valence-corrected chi connectivity index (χ2v) is 8.74. The van der Waals surface area contributed by atoms with Gasteiger partial charge >= 0.3 is 6.09 Å². The first kappa shape index (κ1) is 20.2. The third-order valence-corrected chi connectivity index (χ3v) is 5.20. The van der Waals surface area contributed by atoms with Crippen molar-refractivity contribution in [2.24, 2.45) is 0 Å². The average Bonchev–Trinajstić information content (AvgIpc) is 3.13. The van der Waals surface area contributed by atoms with Gasteiger partial charge in [-0.3, -0.25) is 0 Å². The number of nitrogens with zero attached hydrogens (tertiary/aromatic N) is 3. The van der Waals surface area contributed by atoms with Gasteiger partial charge in [0.05, 0.1) is 11.7 Å². The van der Waals surface area contributed by atoms with E-state index in [1.807, 2.05) is 45.0 Å². The Balaban J connectivity index is 1.71. The number of rotatable bonds is 3. The zero-order valence-corrected chi connectivity index (χ0v) is 17.8. The van der Waals surface area contributed by atoms with Gasteiger partial charge < -0.3 is 20.7 Å². The zero-order valence-electron chi connectivity index (χ0n) is 17.8. The molecule has 30 heavy (non-hydrogen) atoms. The van der Waals surface area contributed by atoms with Gasteiger partial charge in [0, 0.05) is 35.0 Å². The first-order valence-electron chi connectivity index (χ1n) is 10.4. The minimum absolute atomic E-state index is 0.334. The van der Waals surface area contributed by atoms with Crippen molar-refractivity contribution >= 4 is 34.1 Å². The first-order valence-corrected chi connectivity index (χ1v) is 10.4. The highest BCUT2D eigenvalue weighted by atomic mass is 16.6. The standard InChI is InChI=1S/C23H29N5O2/c1-23(2,3)30-22(29)28-21-11-10-19(13-16(21)14-26-28)27(20-5-4-12-25-15-20)18-8-6-17(24)7-9-18/h6-11,13-14,20,25H,4-5,12,15,24H2,1-3H3. The van der Waals surface area contributed by atoms with Gasteiger partial charge in [0.15, 0.2) is 0 Å². The molecule has 3 aromatic rings. The number of nitrogen functional groups attached to an aromatic ring is 1. The quantitative estimate of drug-likeness (QED) is 0.630. The number of aromatic nitrogens is 2. The highest BCUT2D eigenvalue weighted by Gasteiger charge is 2.24. The molecule has 0 bridgehead atoms. The summed E-state index contributed by atoms with van der Waals surface area (Å²) in [6, 6.07) is 14.3. The van der Waals surface area contributed by atoms with Crippen LogP contribution in [-0.4, -0.2) is 40.6 Å². The SMILES string of the molecule is CC(C)(C)OC(=O)n1ncc2cc(N(c3ccc(N)cc3)C3CCCNC3)ccc21. The zero-order chi connectivity index (χ0) is 21.3. The summed E-state index contributed by atoms with van der Waals surface area (Å²) < 4.78 is 6.79. The number of anilines is 3. The average molecular weight is 408 g/mol. The molecule has 0 saturated carbocycles. The molecule has 1 unspecified atom stereocenters. The van der Waals surface area contributed by atoms with Gasteiger partial charge in [-0.2, -0.15) is 9.78 Å². The van der Waals surface area contributed by atoms with E-state index in [-0.39, 0.29) is 0 Å². The maximum Gasteiger partial charge on any atom is 0.435 e. The Bertz CT molecular complexity index is 1030. The number of hydrogen-bond donors (Lipinski definition) is 2. The lowest BCUT2D eigenvalue weighted by Gasteiger charge is -2.36. The van der Waals surface area contributed by atoms with Gasteiger partial charge in [-0.15, -0.1) is 0 Å². The molecule has 1 fully saturated rings. The Morgan fingerprint density at radius 1 is 1.20 bits per heavy atom. The molecule has 7 nitrogen and oxygen atoms in total. The maximum atomic E-state index is 12.5. The van der Waals surface area contributed by atoms with Crippen LogP contribution >= 0.6 is 0 Å². The topological polar surface area (TPSA) is 85.4 Å². The van der Waals surface area contributed by atoms with E-state index >= 15 is 0 Å². The number of benzene rings is 2. The summed E-state index contributed by atoms with van der Waals surface area (Å²) in [6.45, 7) is 7.50. The van der Waals surface area contributed by atoms with Crippen LogP contribution < -0.4 is 16.0 Å². The second-order valence-electron chi connectivity index (χ2n) is 8.74. The summed E-state index contributed by atoms with van der Waals surface area (Å²) in [6.07, 6.45) is 3.47. The molecule has 4 rings (SSSR count). The van der Waals surface area contributed by atoms with Gasteiger partial charge in [0.2, 0.25) is 0 Å². The van der Waals surface area contributed by atoms with Gasteiger partial charge in [-0.25, -0.2) is 4.79 Å². The van der Waals surface area contributed by atoms with E-state index in [1.54, 1.807) is 6.20 Å². The van der Waals surface area contributed by atoms with Crippen molar-refractivity contribution in [1.82, 2.24) is 15.1 Å². The fourth-order valence-electron chi connectivity index (χ4n) is 3.88. The van der Waals surface area contributed by atoms with Gasteiger partial charge in [0.25, 0.3) is 0 Å². The molecule has 2 heterocycles. The van der Waals surface area contributed by atoms with E-state index in [2.05, 4.69) is 33.5 Å². The van der Waals surface area contributed by atoms with Crippen LogP contribution in [0.4, 0.5) is 21.9 Å². The molecule has 1 aliphatic rings. The van der Waals surface area contributed by atoms with E-state index in [9.17, 15) is 4.79 Å². The van der Waals surface area contributed by atoms with Crippen LogP contribution in [0.15, 0.2) is 48.7 Å². The molecule has 0 amide bonds. The Morgan fingerprint density at radius 3 is 2.60 bits per heavy atom. The highest BCUT2D eigenvalue weighted by Crippen LogP contribution is 2.33. The summed E-state index contributed by atoms with van der Waals surface area (Å²) >= 11 is 0.